The topological polar surface area (TPSA) is 58.2 Å². The summed E-state index contributed by atoms with van der Waals surface area (Å²) >= 11 is 0. The van der Waals surface area contributed by atoms with Gasteiger partial charge in [0.2, 0.25) is 0 Å². The standard InChI is InChI=1S/C8H11NO3S/c1-2-5-9-6-3-8(4-7-9)13(10,11)12/h3-4,6-7H,2,5H2,1H3/p+1. The Kier molecular flexibility index (Phi) is 3.00. The molecule has 13 heavy (non-hydrogen) atoms. The van der Waals surface area contributed by atoms with Crippen molar-refractivity contribution in [2.75, 3.05) is 0 Å². The summed E-state index contributed by atoms with van der Waals surface area (Å²) in [4.78, 5) is -0.0696. The van der Waals surface area contributed by atoms with Crippen LogP contribution in [0.3, 0.4) is 0 Å². The van der Waals surface area contributed by atoms with Gasteiger partial charge in [0.25, 0.3) is 10.1 Å². The van der Waals surface area contributed by atoms with Crippen molar-refractivity contribution in [1.82, 2.24) is 0 Å². The molecule has 72 valence electrons. The zero-order valence-electron chi connectivity index (χ0n) is 7.34. The van der Waals surface area contributed by atoms with Crippen molar-refractivity contribution in [3.8, 4) is 0 Å². The quantitative estimate of drug-likeness (QED) is 0.577. The van der Waals surface area contributed by atoms with Crippen molar-refractivity contribution in [2.45, 2.75) is 24.8 Å². The summed E-state index contributed by atoms with van der Waals surface area (Å²) < 4.78 is 31.8. The van der Waals surface area contributed by atoms with Crippen molar-refractivity contribution in [3.63, 3.8) is 0 Å². The normalized spacial score (nSPS) is 11.5. The highest BCUT2D eigenvalue weighted by Gasteiger charge is 2.10. The second-order valence-electron chi connectivity index (χ2n) is 2.75. The van der Waals surface area contributed by atoms with Crippen LogP contribution < -0.4 is 4.57 Å². The summed E-state index contributed by atoms with van der Waals surface area (Å²) in [5.74, 6) is 0. The molecule has 0 aliphatic carbocycles. The molecule has 1 aromatic heterocycles. The van der Waals surface area contributed by atoms with E-state index in [0.29, 0.717) is 0 Å². The van der Waals surface area contributed by atoms with E-state index in [1.165, 1.54) is 12.1 Å². The lowest BCUT2D eigenvalue weighted by Crippen LogP contribution is -2.32. The molecule has 1 N–H and O–H groups in total. The maximum absolute atomic E-state index is 10.6. The van der Waals surface area contributed by atoms with E-state index in [2.05, 4.69) is 0 Å². The van der Waals surface area contributed by atoms with E-state index in [-0.39, 0.29) is 4.90 Å². The summed E-state index contributed by atoms with van der Waals surface area (Å²) in [5.41, 5.74) is 0. The predicted molar refractivity (Wildman–Crippen MR) is 46.7 cm³/mol. The van der Waals surface area contributed by atoms with Crippen molar-refractivity contribution in [1.29, 1.82) is 0 Å². The molecule has 0 fully saturated rings. The third kappa shape index (κ3) is 2.78. The summed E-state index contributed by atoms with van der Waals surface area (Å²) in [6.45, 7) is 2.87. The Bertz CT molecular complexity index is 369. The van der Waals surface area contributed by atoms with Crippen LogP contribution in [0, 0.1) is 0 Å². The third-order valence-corrected chi connectivity index (χ3v) is 2.51. The lowest BCUT2D eigenvalue weighted by molar-refractivity contribution is -0.697. The first-order chi connectivity index (χ1) is 6.04. The molecule has 0 aromatic carbocycles. The first-order valence-corrected chi connectivity index (χ1v) is 5.44. The lowest BCUT2D eigenvalue weighted by atomic mass is 10.4. The molecule has 0 aliphatic rings. The van der Waals surface area contributed by atoms with Crippen molar-refractivity contribution >= 4 is 10.1 Å². The van der Waals surface area contributed by atoms with Gasteiger partial charge in [-0.3, -0.25) is 4.55 Å². The van der Waals surface area contributed by atoms with Crippen LogP contribution in [0.4, 0.5) is 0 Å². The number of hydrogen-bond acceptors (Lipinski definition) is 2. The highest BCUT2D eigenvalue weighted by Crippen LogP contribution is 2.03. The Hall–Kier alpha value is -0.940. The molecule has 0 aliphatic heterocycles. The average Bonchev–Trinajstić information content (AvgIpc) is 2.04. The Labute approximate surface area is 77.6 Å². The molecule has 0 spiro atoms. The van der Waals surface area contributed by atoms with E-state index in [9.17, 15) is 8.42 Å². The van der Waals surface area contributed by atoms with E-state index in [1.54, 1.807) is 12.4 Å². The van der Waals surface area contributed by atoms with Gasteiger partial charge in [-0.1, -0.05) is 6.92 Å². The Morgan fingerprint density at radius 2 is 1.92 bits per heavy atom. The van der Waals surface area contributed by atoms with Crippen LogP contribution in [0.1, 0.15) is 13.3 Å². The fraction of sp³-hybridized carbons (Fsp3) is 0.375. The number of rotatable bonds is 3. The van der Waals surface area contributed by atoms with Crippen LogP contribution >= 0.6 is 0 Å². The second-order valence-corrected chi connectivity index (χ2v) is 4.17. The van der Waals surface area contributed by atoms with Crippen LogP contribution in [-0.4, -0.2) is 13.0 Å². The zero-order chi connectivity index (χ0) is 9.90. The van der Waals surface area contributed by atoms with E-state index in [0.717, 1.165) is 13.0 Å². The number of pyridine rings is 1. The van der Waals surface area contributed by atoms with Crippen molar-refractivity contribution in [2.24, 2.45) is 0 Å². The average molecular weight is 202 g/mol. The SMILES string of the molecule is CCC[n+]1ccc(S(=O)(=O)O)cc1. The fourth-order valence-electron chi connectivity index (χ4n) is 1.02. The summed E-state index contributed by atoms with van der Waals surface area (Å²) in [5, 5.41) is 0. The maximum Gasteiger partial charge on any atom is 0.294 e. The van der Waals surface area contributed by atoms with Crippen LogP contribution in [0.5, 0.6) is 0 Å². The molecular weight excluding hydrogens is 190 g/mol. The van der Waals surface area contributed by atoms with Crippen molar-refractivity contribution < 1.29 is 17.5 Å². The Morgan fingerprint density at radius 3 is 2.31 bits per heavy atom. The van der Waals surface area contributed by atoms with Crippen LogP contribution in [0.15, 0.2) is 29.4 Å². The third-order valence-electron chi connectivity index (χ3n) is 1.64. The number of nitrogens with zero attached hydrogens (tertiary/aromatic N) is 1. The first kappa shape index (κ1) is 10.1. The van der Waals surface area contributed by atoms with E-state index in [1.807, 2.05) is 11.5 Å². The summed E-state index contributed by atoms with van der Waals surface area (Å²) in [7, 11) is -4.05. The molecule has 0 saturated heterocycles. The largest absolute Gasteiger partial charge is 0.294 e. The zero-order valence-corrected chi connectivity index (χ0v) is 8.16. The molecule has 1 aromatic rings. The Morgan fingerprint density at radius 1 is 1.38 bits per heavy atom. The highest BCUT2D eigenvalue weighted by atomic mass is 32.2. The second kappa shape index (κ2) is 3.85. The van der Waals surface area contributed by atoms with Gasteiger partial charge < -0.3 is 0 Å². The van der Waals surface area contributed by atoms with Crippen LogP contribution in [-0.2, 0) is 16.7 Å². The molecule has 1 rings (SSSR count). The summed E-state index contributed by atoms with van der Waals surface area (Å²) in [6, 6.07) is 2.76. The van der Waals surface area contributed by atoms with Gasteiger partial charge in [-0.15, -0.1) is 0 Å². The van der Waals surface area contributed by atoms with Gasteiger partial charge in [0.15, 0.2) is 12.4 Å². The number of aryl methyl sites for hydroxylation is 1. The molecule has 5 heteroatoms. The molecular formula is C8H12NO3S+. The van der Waals surface area contributed by atoms with Gasteiger partial charge in [0, 0.05) is 18.6 Å². The monoisotopic (exact) mass is 202 g/mol. The van der Waals surface area contributed by atoms with E-state index in [4.69, 9.17) is 4.55 Å². The molecule has 0 amide bonds. The van der Waals surface area contributed by atoms with Crippen LogP contribution in [0.2, 0.25) is 0 Å². The minimum absolute atomic E-state index is 0.0696. The molecule has 1 heterocycles. The number of hydrogen-bond donors (Lipinski definition) is 1. The molecule has 0 bridgehead atoms. The molecule has 0 atom stereocenters. The van der Waals surface area contributed by atoms with Gasteiger partial charge in [0.1, 0.15) is 11.4 Å². The van der Waals surface area contributed by atoms with E-state index >= 15 is 0 Å². The van der Waals surface area contributed by atoms with Gasteiger partial charge in [-0.05, 0) is 0 Å². The van der Waals surface area contributed by atoms with Crippen molar-refractivity contribution in [3.05, 3.63) is 24.5 Å². The van der Waals surface area contributed by atoms with Gasteiger partial charge in [-0.25, -0.2) is 4.57 Å². The minimum atomic E-state index is -4.05. The van der Waals surface area contributed by atoms with Gasteiger partial charge >= 0.3 is 0 Å². The Balaban J connectivity index is 2.94. The first-order valence-electron chi connectivity index (χ1n) is 4.00. The smallest absolute Gasteiger partial charge is 0.282 e. The lowest BCUT2D eigenvalue weighted by Gasteiger charge is -1.95. The highest BCUT2D eigenvalue weighted by molar-refractivity contribution is 7.85. The van der Waals surface area contributed by atoms with E-state index < -0.39 is 10.1 Å². The van der Waals surface area contributed by atoms with Crippen LogP contribution in [0.25, 0.3) is 0 Å². The maximum atomic E-state index is 10.6. The number of aromatic nitrogens is 1. The molecule has 0 saturated carbocycles. The summed E-state index contributed by atoms with van der Waals surface area (Å²) in [6.07, 6.45) is 4.25. The van der Waals surface area contributed by atoms with Gasteiger partial charge in [-0.2, -0.15) is 8.42 Å². The molecule has 0 radical (unpaired) electrons. The minimum Gasteiger partial charge on any atom is -0.282 e. The molecule has 4 nitrogen and oxygen atoms in total. The van der Waals surface area contributed by atoms with Gasteiger partial charge in [0.05, 0.1) is 0 Å². The fourth-order valence-corrected chi connectivity index (χ4v) is 1.49. The molecule has 0 unspecified atom stereocenters. The predicted octanol–water partition coefficient (Wildman–Crippen LogP) is 0.631.